The summed E-state index contributed by atoms with van der Waals surface area (Å²) in [7, 11) is 0. The molecule has 7 heteroatoms. The van der Waals surface area contributed by atoms with E-state index in [2.05, 4.69) is 10.1 Å². The minimum Gasteiger partial charge on any atom is -0.452 e. The predicted molar refractivity (Wildman–Crippen MR) is 59.9 cm³/mol. The summed E-state index contributed by atoms with van der Waals surface area (Å²) in [4.78, 5) is 22.5. The Morgan fingerprint density at radius 3 is 2.53 bits per heavy atom. The number of esters is 1. The molecule has 1 aromatic rings. The summed E-state index contributed by atoms with van der Waals surface area (Å²) < 4.78 is 30.9. The first-order valence-corrected chi connectivity index (χ1v) is 5.31. The highest BCUT2D eigenvalue weighted by molar-refractivity contribution is 5.91. The lowest BCUT2D eigenvalue weighted by atomic mass is 10.2. The van der Waals surface area contributed by atoms with Gasteiger partial charge in [0, 0.05) is 6.54 Å². The maximum absolute atomic E-state index is 13.2. The zero-order chi connectivity index (χ0) is 14.3. The van der Waals surface area contributed by atoms with Crippen LogP contribution in [0.5, 0.6) is 0 Å². The quantitative estimate of drug-likeness (QED) is 0.641. The molecule has 19 heavy (non-hydrogen) atoms. The van der Waals surface area contributed by atoms with Gasteiger partial charge in [-0.25, -0.2) is 13.6 Å². The van der Waals surface area contributed by atoms with E-state index in [1.54, 1.807) is 0 Å². The van der Waals surface area contributed by atoms with Crippen LogP contribution in [-0.4, -0.2) is 25.0 Å². The molecule has 1 rings (SSSR count). The molecule has 0 unspecified atom stereocenters. The molecular weight excluding hydrogens is 258 g/mol. The van der Waals surface area contributed by atoms with Crippen LogP contribution in [0.3, 0.4) is 0 Å². The normalized spacial score (nSPS) is 9.53. The molecule has 0 aromatic heterocycles. The molecular formula is C12H10F2N2O3. The van der Waals surface area contributed by atoms with Gasteiger partial charge in [-0.15, -0.1) is 0 Å². The molecule has 0 saturated carbocycles. The first-order chi connectivity index (χ1) is 9.06. The van der Waals surface area contributed by atoms with E-state index in [-0.39, 0.29) is 13.0 Å². The summed E-state index contributed by atoms with van der Waals surface area (Å²) in [5.74, 6) is -4.03. The zero-order valence-corrected chi connectivity index (χ0v) is 9.78. The van der Waals surface area contributed by atoms with E-state index in [1.807, 2.05) is 6.07 Å². The van der Waals surface area contributed by atoms with Crippen LogP contribution in [0.25, 0.3) is 0 Å². The van der Waals surface area contributed by atoms with Crippen molar-refractivity contribution in [3.8, 4) is 6.07 Å². The first kappa shape index (κ1) is 14.6. The number of carbonyl (C=O) groups excluding carboxylic acids is 2. The van der Waals surface area contributed by atoms with Crippen LogP contribution in [0.1, 0.15) is 16.8 Å². The van der Waals surface area contributed by atoms with Crippen LogP contribution >= 0.6 is 0 Å². The van der Waals surface area contributed by atoms with Gasteiger partial charge in [0.15, 0.2) is 6.61 Å². The van der Waals surface area contributed by atoms with Gasteiger partial charge in [-0.3, -0.25) is 4.79 Å². The summed E-state index contributed by atoms with van der Waals surface area (Å²) in [6.07, 6.45) is 0.113. The Kier molecular flexibility index (Phi) is 5.41. The highest BCUT2D eigenvalue weighted by Gasteiger charge is 2.19. The third kappa shape index (κ3) is 4.35. The third-order valence-corrected chi connectivity index (χ3v) is 2.06. The molecule has 0 aliphatic rings. The highest BCUT2D eigenvalue weighted by Crippen LogP contribution is 2.13. The van der Waals surface area contributed by atoms with E-state index in [0.717, 1.165) is 18.2 Å². The fourth-order valence-corrected chi connectivity index (χ4v) is 1.20. The van der Waals surface area contributed by atoms with Crippen molar-refractivity contribution in [3.05, 3.63) is 35.4 Å². The molecule has 0 aliphatic heterocycles. The number of nitriles is 1. The van der Waals surface area contributed by atoms with Crippen molar-refractivity contribution in [2.24, 2.45) is 0 Å². The van der Waals surface area contributed by atoms with Crippen LogP contribution in [0, 0.1) is 23.0 Å². The summed E-state index contributed by atoms with van der Waals surface area (Å²) in [6.45, 7) is -0.557. The molecule has 0 saturated heterocycles. The van der Waals surface area contributed by atoms with Crippen molar-refractivity contribution in [2.75, 3.05) is 13.2 Å². The molecule has 1 aromatic carbocycles. The number of rotatable bonds is 5. The number of amides is 1. The standard InChI is InChI=1S/C12H10F2N2O3/c13-8-3-1-4-9(14)11(8)12(18)19-7-10(17)16-6-2-5-15/h1,3-4H,2,6-7H2,(H,16,17). The average molecular weight is 268 g/mol. The van der Waals surface area contributed by atoms with Gasteiger partial charge >= 0.3 is 5.97 Å². The van der Waals surface area contributed by atoms with Crippen molar-refractivity contribution in [3.63, 3.8) is 0 Å². The Labute approximate surface area is 107 Å². The predicted octanol–water partition coefficient (Wildman–Crippen LogP) is 1.15. The second kappa shape index (κ2) is 7.06. The lowest BCUT2D eigenvalue weighted by Crippen LogP contribution is -2.29. The largest absolute Gasteiger partial charge is 0.452 e. The molecule has 0 spiro atoms. The summed E-state index contributed by atoms with van der Waals surface area (Å²) in [5, 5.41) is 10.5. The van der Waals surface area contributed by atoms with Gasteiger partial charge in [-0.2, -0.15) is 5.26 Å². The van der Waals surface area contributed by atoms with Gasteiger partial charge in [0.1, 0.15) is 17.2 Å². The molecule has 100 valence electrons. The SMILES string of the molecule is N#CCCNC(=O)COC(=O)c1c(F)cccc1F. The van der Waals surface area contributed by atoms with Crippen LogP contribution in [-0.2, 0) is 9.53 Å². The maximum Gasteiger partial charge on any atom is 0.344 e. The Bertz CT molecular complexity index is 506. The Hall–Kier alpha value is -2.49. The van der Waals surface area contributed by atoms with Gasteiger partial charge in [0.05, 0.1) is 12.5 Å². The molecule has 0 heterocycles. The second-order valence-electron chi connectivity index (χ2n) is 3.43. The van der Waals surface area contributed by atoms with Gasteiger partial charge < -0.3 is 10.1 Å². The number of nitrogens with one attached hydrogen (secondary N) is 1. The Morgan fingerprint density at radius 1 is 1.32 bits per heavy atom. The number of hydrogen-bond acceptors (Lipinski definition) is 4. The van der Waals surface area contributed by atoms with E-state index in [1.165, 1.54) is 0 Å². The fraction of sp³-hybridized carbons (Fsp3) is 0.250. The highest BCUT2D eigenvalue weighted by atomic mass is 19.1. The molecule has 0 fully saturated rings. The molecule has 0 radical (unpaired) electrons. The molecule has 1 N–H and O–H groups in total. The van der Waals surface area contributed by atoms with Gasteiger partial charge in [-0.05, 0) is 12.1 Å². The maximum atomic E-state index is 13.2. The van der Waals surface area contributed by atoms with Gasteiger partial charge in [0.2, 0.25) is 0 Å². The van der Waals surface area contributed by atoms with E-state index < -0.39 is 35.7 Å². The molecule has 0 bridgehead atoms. The average Bonchev–Trinajstić information content (AvgIpc) is 2.36. The second-order valence-corrected chi connectivity index (χ2v) is 3.43. The topological polar surface area (TPSA) is 79.2 Å². The molecule has 1 amide bonds. The smallest absolute Gasteiger partial charge is 0.344 e. The third-order valence-electron chi connectivity index (χ3n) is 2.06. The fourth-order valence-electron chi connectivity index (χ4n) is 1.20. The van der Waals surface area contributed by atoms with E-state index in [9.17, 15) is 18.4 Å². The van der Waals surface area contributed by atoms with Crippen LogP contribution in [0.15, 0.2) is 18.2 Å². The van der Waals surface area contributed by atoms with Crippen molar-refractivity contribution >= 4 is 11.9 Å². The van der Waals surface area contributed by atoms with Crippen LogP contribution in [0.2, 0.25) is 0 Å². The van der Waals surface area contributed by atoms with Crippen LogP contribution < -0.4 is 5.32 Å². The monoisotopic (exact) mass is 268 g/mol. The number of halogens is 2. The van der Waals surface area contributed by atoms with E-state index in [0.29, 0.717) is 0 Å². The molecule has 0 aliphatic carbocycles. The lowest BCUT2D eigenvalue weighted by Gasteiger charge is -2.06. The van der Waals surface area contributed by atoms with E-state index >= 15 is 0 Å². The number of nitrogens with zero attached hydrogens (tertiary/aromatic N) is 1. The van der Waals surface area contributed by atoms with Crippen molar-refractivity contribution in [1.29, 1.82) is 5.26 Å². The zero-order valence-electron chi connectivity index (χ0n) is 9.78. The number of ether oxygens (including phenoxy) is 1. The molecule has 0 atom stereocenters. The van der Waals surface area contributed by atoms with Crippen molar-refractivity contribution in [1.82, 2.24) is 5.32 Å². The van der Waals surface area contributed by atoms with Crippen LogP contribution in [0.4, 0.5) is 8.78 Å². The summed E-state index contributed by atoms with van der Waals surface area (Å²) in [6, 6.07) is 4.73. The van der Waals surface area contributed by atoms with E-state index in [4.69, 9.17) is 5.26 Å². The molecule has 5 nitrogen and oxygen atoms in total. The van der Waals surface area contributed by atoms with Crippen molar-refractivity contribution < 1.29 is 23.1 Å². The summed E-state index contributed by atoms with van der Waals surface area (Å²) >= 11 is 0. The first-order valence-electron chi connectivity index (χ1n) is 5.31. The minimum atomic E-state index is -1.26. The van der Waals surface area contributed by atoms with Crippen molar-refractivity contribution in [2.45, 2.75) is 6.42 Å². The summed E-state index contributed by atoms with van der Waals surface area (Å²) in [5.41, 5.74) is -0.840. The Morgan fingerprint density at radius 2 is 1.95 bits per heavy atom. The minimum absolute atomic E-state index is 0.112. The lowest BCUT2D eigenvalue weighted by molar-refractivity contribution is -0.124. The number of hydrogen-bond donors (Lipinski definition) is 1. The Balaban J connectivity index is 2.52. The van der Waals surface area contributed by atoms with Gasteiger partial charge in [-0.1, -0.05) is 6.07 Å². The number of carbonyl (C=O) groups is 2. The number of benzene rings is 1. The van der Waals surface area contributed by atoms with Gasteiger partial charge in [0.25, 0.3) is 5.91 Å².